The molecule has 2 N–H and O–H groups in total. The lowest BCUT2D eigenvalue weighted by Gasteiger charge is -2.35. The minimum atomic E-state index is -3.10. The van der Waals surface area contributed by atoms with Crippen molar-refractivity contribution in [2.75, 3.05) is 25.1 Å². The van der Waals surface area contributed by atoms with Crippen LogP contribution in [0.4, 0.5) is 0 Å². The van der Waals surface area contributed by atoms with Crippen molar-refractivity contribution in [2.45, 2.75) is 38.1 Å². The van der Waals surface area contributed by atoms with Crippen LogP contribution >= 0.6 is 11.8 Å². The van der Waals surface area contributed by atoms with Gasteiger partial charge in [0.1, 0.15) is 0 Å². The van der Waals surface area contributed by atoms with Gasteiger partial charge in [-0.15, -0.1) is 0 Å². The molecule has 2 fully saturated rings. The summed E-state index contributed by atoms with van der Waals surface area (Å²) in [5.74, 6) is 1.94. The third-order valence-electron chi connectivity index (χ3n) is 3.82. The van der Waals surface area contributed by atoms with E-state index in [1.54, 1.807) is 11.8 Å². The van der Waals surface area contributed by atoms with E-state index in [4.69, 9.17) is 0 Å². The first kappa shape index (κ1) is 15.1. The Labute approximate surface area is 120 Å². The van der Waals surface area contributed by atoms with Crippen molar-refractivity contribution in [1.82, 2.24) is 10.0 Å². The molecule has 0 bridgehead atoms. The minimum absolute atomic E-state index is 0.250. The van der Waals surface area contributed by atoms with E-state index in [9.17, 15) is 8.42 Å². The third kappa shape index (κ3) is 4.65. The second-order valence-electron chi connectivity index (χ2n) is 5.73. The van der Waals surface area contributed by atoms with Gasteiger partial charge in [-0.1, -0.05) is 18.7 Å². The van der Waals surface area contributed by atoms with Crippen LogP contribution in [-0.4, -0.2) is 44.2 Å². The van der Waals surface area contributed by atoms with Crippen LogP contribution in [0.25, 0.3) is 0 Å². The lowest BCUT2D eigenvalue weighted by Crippen LogP contribution is -2.46. The molecule has 0 amide bonds. The molecule has 1 spiro atoms. The molecule has 0 unspecified atom stereocenters. The summed E-state index contributed by atoms with van der Waals surface area (Å²) in [5, 5.41) is 4.54. The van der Waals surface area contributed by atoms with Gasteiger partial charge < -0.3 is 5.32 Å². The number of rotatable bonds is 4. The average molecular weight is 305 g/mol. The van der Waals surface area contributed by atoms with E-state index >= 15 is 0 Å². The highest BCUT2D eigenvalue weighted by Gasteiger charge is 2.39. The molecular formula is C12H23N3O2S2. The van der Waals surface area contributed by atoms with Crippen molar-refractivity contribution >= 4 is 27.0 Å². The lowest BCUT2D eigenvalue weighted by atomic mass is 9.78. The Balaban J connectivity index is 1.78. The summed E-state index contributed by atoms with van der Waals surface area (Å²) in [6.45, 7) is 3.18. The Kier molecular flexibility index (Phi) is 4.79. The van der Waals surface area contributed by atoms with E-state index in [0.29, 0.717) is 13.1 Å². The van der Waals surface area contributed by atoms with Crippen LogP contribution in [0.1, 0.15) is 32.6 Å². The number of thioether (sulfide) groups is 1. The highest BCUT2D eigenvalue weighted by molar-refractivity contribution is 8.14. The quantitative estimate of drug-likeness (QED) is 0.765. The van der Waals surface area contributed by atoms with Crippen molar-refractivity contribution < 1.29 is 8.42 Å². The normalized spacial score (nSPS) is 33.8. The van der Waals surface area contributed by atoms with Gasteiger partial charge in [0.15, 0.2) is 5.17 Å². The van der Waals surface area contributed by atoms with Crippen LogP contribution in [0.2, 0.25) is 0 Å². The predicted molar refractivity (Wildman–Crippen MR) is 81.1 cm³/mol. The van der Waals surface area contributed by atoms with Gasteiger partial charge >= 0.3 is 0 Å². The summed E-state index contributed by atoms with van der Waals surface area (Å²) in [6, 6.07) is 0. The summed E-state index contributed by atoms with van der Waals surface area (Å²) in [6.07, 6.45) is 6.19. The van der Waals surface area contributed by atoms with Crippen LogP contribution in [-0.2, 0) is 10.0 Å². The Morgan fingerprint density at radius 2 is 2.16 bits per heavy atom. The van der Waals surface area contributed by atoms with Gasteiger partial charge in [0, 0.05) is 17.8 Å². The van der Waals surface area contributed by atoms with E-state index in [2.05, 4.69) is 22.0 Å². The Hall–Kier alpha value is -0.270. The molecule has 2 aliphatic rings. The molecule has 1 saturated carbocycles. The van der Waals surface area contributed by atoms with E-state index in [0.717, 1.165) is 16.8 Å². The second kappa shape index (κ2) is 6.01. The maximum atomic E-state index is 10.9. The van der Waals surface area contributed by atoms with Crippen molar-refractivity contribution in [1.29, 1.82) is 0 Å². The van der Waals surface area contributed by atoms with Crippen LogP contribution < -0.4 is 10.0 Å². The standard InChI is InChI=1S/C12H23N3O2S2/c1-10-3-5-12(6-4-10)9-18-11(15-12)13-7-8-14-19(2,16)17/h10,14H,3-9H2,1-2H3,(H,13,15). The number of sulfonamides is 1. The van der Waals surface area contributed by atoms with Gasteiger partial charge in [-0.05, 0) is 31.6 Å². The fraction of sp³-hybridized carbons (Fsp3) is 0.917. The van der Waals surface area contributed by atoms with Crippen molar-refractivity contribution in [2.24, 2.45) is 10.9 Å². The number of nitrogens with one attached hydrogen (secondary N) is 2. The summed E-state index contributed by atoms with van der Waals surface area (Å²) < 4.78 is 24.3. The smallest absolute Gasteiger partial charge is 0.208 e. The van der Waals surface area contributed by atoms with Crippen molar-refractivity contribution in [3.63, 3.8) is 0 Å². The van der Waals surface area contributed by atoms with Crippen LogP contribution in [0.3, 0.4) is 0 Å². The van der Waals surface area contributed by atoms with Crippen molar-refractivity contribution in [3.05, 3.63) is 0 Å². The minimum Gasteiger partial charge on any atom is -0.359 e. The summed E-state index contributed by atoms with van der Waals surface area (Å²) in [4.78, 5) is 4.44. The monoisotopic (exact) mass is 305 g/mol. The molecular weight excluding hydrogens is 282 g/mol. The summed E-state index contributed by atoms with van der Waals surface area (Å²) in [5.41, 5.74) is 0.250. The average Bonchev–Trinajstić information content (AvgIpc) is 2.72. The largest absolute Gasteiger partial charge is 0.359 e. The van der Waals surface area contributed by atoms with Gasteiger partial charge in [-0.2, -0.15) is 0 Å². The van der Waals surface area contributed by atoms with E-state index < -0.39 is 10.0 Å². The van der Waals surface area contributed by atoms with Gasteiger partial charge in [0.2, 0.25) is 10.0 Å². The first-order chi connectivity index (χ1) is 8.89. The second-order valence-corrected chi connectivity index (χ2v) is 8.53. The fourth-order valence-electron chi connectivity index (χ4n) is 2.56. The molecule has 0 aromatic carbocycles. The zero-order valence-electron chi connectivity index (χ0n) is 11.6. The van der Waals surface area contributed by atoms with E-state index in [-0.39, 0.29) is 5.54 Å². The molecule has 1 heterocycles. The summed E-state index contributed by atoms with van der Waals surface area (Å²) in [7, 11) is -3.10. The lowest BCUT2D eigenvalue weighted by molar-refractivity contribution is 0.251. The number of hydrogen-bond donors (Lipinski definition) is 2. The number of aliphatic imine (C=N–C) groups is 1. The molecule has 1 aliphatic heterocycles. The summed E-state index contributed by atoms with van der Waals surface area (Å²) >= 11 is 1.77. The number of amidine groups is 1. The molecule has 0 aromatic rings. The molecule has 110 valence electrons. The number of nitrogens with zero attached hydrogens (tertiary/aromatic N) is 1. The molecule has 0 aromatic heterocycles. The molecule has 1 aliphatic carbocycles. The van der Waals surface area contributed by atoms with E-state index in [1.807, 2.05) is 0 Å². The topological polar surface area (TPSA) is 70.6 Å². The Morgan fingerprint density at radius 3 is 2.79 bits per heavy atom. The number of hydrogen-bond acceptors (Lipinski definition) is 4. The predicted octanol–water partition coefficient (Wildman–Crippen LogP) is 1.18. The maximum absolute atomic E-state index is 10.9. The maximum Gasteiger partial charge on any atom is 0.208 e. The van der Waals surface area contributed by atoms with Gasteiger partial charge in [0.05, 0.1) is 12.8 Å². The first-order valence-electron chi connectivity index (χ1n) is 6.79. The van der Waals surface area contributed by atoms with Crippen LogP contribution in [0.5, 0.6) is 0 Å². The molecule has 19 heavy (non-hydrogen) atoms. The van der Waals surface area contributed by atoms with Gasteiger partial charge in [-0.25, -0.2) is 13.1 Å². The zero-order chi connectivity index (χ0) is 13.9. The van der Waals surface area contributed by atoms with E-state index in [1.165, 1.54) is 31.9 Å². The molecule has 5 nitrogen and oxygen atoms in total. The molecule has 1 saturated heterocycles. The van der Waals surface area contributed by atoms with Crippen LogP contribution in [0, 0.1) is 5.92 Å². The first-order valence-corrected chi connectivity index (χ1v) is 9.66. The molecule has 0 radical (unpaired) electrons. The zero-order valence-corrected chi connectivity index (χ0v) is 13.2. The molecule has 0 atom stereocenters. The third-order valence-corrected chi connectivity index (χ3v) is 5.75. The van der Waals surface area contributed by atoms with Crippen molar-refractivity contribution in [3.8, 4) is 0 Å². The Morgan fingerprint density at radius 1 is 1.47 bits per heavy atom. The molecule has 7 heteroatoms. The highest BCUT2D eigenvalue weighted by atomic mass is 32.2. The fourth-order valence-corrected chi connectivity index (χ4v) is 4.27. The SMILES string of the molecule is CC1CCC2(CC1)CSC(=NCCNS(C)(=O)=O)N2. The van der Waals surface area contributed by atoms with Crippen LogP contribution in [0.15, 0.2) is 4.99 Å². The Bertz CT molecular complexity index is 440. The highest BCUT2D eigenvalue weighted by Crippen LogP contribution is 2.38. The van der Waals surface area contributed by atoms with Gasteiger partial charge in [-0.3, -0.25) is 4.99 Å². The van der Waals surface area contributed by atoms with Gasteiger partial charge in [0.25, 0.3) is 0 Å². The molecule has 2 rings (SSSR count).